The molecule has 3 rings (SSSR count). The van der Waals surface area contributed by atoms with E-state index in [4.69, 9.17) is 0 Å². The molecule has 2 aromatic rings. The highest BCUT2D eigenvalue weighted by atomic mass is 19.1. The molecule has 1 heterocycles. The van der Waals surface area contributed by atoms with E-state index in [0.717, 1.165) is 0 Å². The number of rotatable bonds is 6. The fourth-order valence-electron chi connectivity index (χ4n) is 3.66. The molecule has 0 saturated carbocycles. The van der Waals surface area contributed by atoms with Gasteiger partial charge >= 0.3 is 0 Å². The smallest absolute Gasteiger partial charge is 0.293 e. The number of nitro benzene ring substituents is 1. The van der Waals surface area contributed by atoms with Gasteiger partial charge in [0.2, 0.25) is 0 Å². The Morgan fingerprint density at radius 2 is 1.70 bits per heavy atom. The number of Topliss-reactive ketones (excluding diaryl/α,β-unsaturated/α-hetero) is 1. The third-order valence-corrected chi connectivity index (χ3v) is 5.19. The van der Waals surface area contributed by atoms with Crippen LogP contribution in [0.5, 0.6) is 0 Å². The molecule has 1 aliphatic heterocycles. The Bertz CT molecular complexity index is 951. The van der Waals surface area contributed by atoms with Gasteiger partial charge in [-0.15, -0.1) is 0 Å². The molecule has 1 fully saturated rings. The van der Waals surface area contributed by atoms with Crippen LogP contribution in [-0.2, 0) is 0 Å². The maximum absolute atomic E-state index is 13.1. The van der Waals surface area contributed by atoms with Gasteiger partial charge in [-0.2, -0.15) is 0 Å². The Hall–Kier alpha value is -3.29. The summed E-state index contributed by atoms with van der Waals surface area (Å²) in [6.45, 7) is 4.60. The summed E-state index contributed by atoms with van der Waals surface area (Å²) in [6, 6.07) is 9.89. The number of carbonyl (C=O) groups excluding carboxylic acids is 2. The zero-order valence-corrected chi connectivity index (χ0v) is 16.9. The van der Waals surface area contributed by atoms with Gasteiger partial charge in [0.05, 0.1) is 4.92 Å². The molecule has 0 spiro atoms. The standard InChI is InChI=1S/C22H24FN3O4/c1-14(2)24-22(28)17-5-8-19(20(13-17)26(29)30)25-11-9-16(10-12-25)21(27)15-3-6-18(23)7-4-15/h3-8,13-14,16H,9-12H2,1-2H3,(H,24,28). The molecule has 8 heteroatoms. The second-order valence-electron chi connectivity index (χ2n) is 7.72. The van der Waals surface area contributed by atoms with E-state index in [0.29, 0.717) is 37.2 Å². The van der Waals surface area contributed by atoms with Crippen molar-refractivity contribution in [3.63, 3.8) is 0 Å². The molecule has 0 aromatic heterocycles. The van der Waals surface area contributed by atoms with Gasteiger partial charge in [0.25, 0.3) is 11.6 Å². The van der Waals surface area contributed by atoms with Crippen LogP contribution in [0.2, 0.25) is 0 Å². The maximum atomic E-state index is 13.1. The Balaban J connectivity index is 1.73. The van der Waals surface area contributed by atoms with Crippen LogP contribution in [-0.4, -0.2) is 35.7 Å². The van der Waals surface area contributed by atoms with Gasteiger partial charge in [-0.3, -0.25) is 19.7 Å². The van der Waals surface area contributed by atoms with E-state index in [2.05, 4.69) is 5.32 Å². The summed E-state index contributed by atoms with van der Waals surface area (Å²) in [5, 5.41) is 14.3. The SMILES string of the molecule is CC(C)NC(=O)c1ccc(N2CCC(C(=O)c3ccc(F)cc3)CC2)c([N+](=O)[O-])c1. The van der Waals surface area contributed by atoms with Crippen molar-refractivity contribution >= 4 is 23.1 Å². The fourth-order valence-corrected chi connectivity index (χ4v) is 3.66. The van der Waals surface area contributed by atoms with Crippen LogP contribution in [0.25, 0.3) is 0 Å². The Morgan fingerprint density at radius 1 is 1.10 bits per heavy atom. The van der Waals surface area contributed by atoms with Crippen molar-refractivity contribution in [3.8, 4) is 0 Å². The Morgan fingerprint density at radius 3 is 2.27 bits per heavy atom. The van der Waals surface area contributed by atoms with Crippen LogP contribution in [0.4, 0.5) is 15.8 Å². The molecule has 0 unspecified atom stereocenters. The molecular weight excluding hydrogens is 389 g/mol. The minimum Gasteiger partial charge on any atom is -0.366 e. The van der Waals surface area contributed by atoms with Crippen LogP contribution in [0.3, 0.4) is 0 Å². The first-order chi connectivity index (χ1) is 14.3. The van der Waals surface area contributed by atoms with Gasteiger partial charge in [-0.05, 0) is 63.1 Å². The predicted octanol–water partition coefficient (Wildman–Crippen LogP) is 3.97. The number of amides is 1. The number of hydrogen-bond acceptors (Lipinski definition) is 5. The number of halogens is 1. The molecule has 1 saturated heterocycles. The minimum atomic E-state index is -0.489. The first kappa shape index (κ1) is 21.4. The molecule has 7 nitrogen and oxygen atoms in total. The molecular formula is C22H24FN3O4. The predicted molar refractivity (Wildman–Crippen MR) is 111 cm³/mol. The lowest BCUT2D eigenvalue weighted by Gasteiger charge is -2.32. The molecule has 0 radical (unpaired) electrons. The second-order valence-corrected chi connectivity index (χ2v) is 7.72. The van der Waals surface area contributed by atoms with Gasteiger partial charge in [0, 0.05) is 42.2 Å². The molecule has 30 heavy (non-hydrogen) atoms. The number of nitrogens with zero attached hydrogens (tertiary/aromatic N) is 2. The van der Waals surface area contributed by atoms with E-state index in [1.165, 1.54) is 30.3 Å². The molecule has 1 N–H and O–H groups in total. The number of ketones is 1. The minimum absolute atomic E-state index is 0.0372. The molecule has 0 aliphatic carbocycles. The summed E-state index contributed by atoms with van der Waals surface area (Å²) in [7, 11) is 0. The molecule has 0 bridgehead atoms. The number of benzene rings is 2. The quantitative estimate of drug-likeness (QED) is 0.439. The summed E-state index contributed by atoms with van der Waals surface area (Å²) in [4.78, 5) is 37.8. The molecule has 1 amide bonds. The summed E-state index contributed by atoms with van der Waals surface area (Å²) in [5.74, 6) is -0.992. The number of hydrogen-bond donors (Lipinski definition) is 1. The molecule has 0 atom stereocenters. The zero-order chi connectivity index (χ0) is 21.8. The lowest BCUT2D eigenvalue weighted by Crippen LogP contribution is -2.37. The van der Waals surface area contributed by atoms with Crippen LogP contribution in [0.1, 0.15) is 47.4 Å². The fraction of sp³-hybridized carbons (Fsp3) is 0.364. The highest BCUT2D eigenvalue weighted by Crippen LogP contribution is 2.33. The lowest BCUT2D eigenvalue weighted by molar-refractivity contribution is -0.384. The highest BCUT2D eigenvalue weighted by molar-refractivity contribution is 5.98. The first-order valence-electron chi connectivity index (χ1n) is 9.90. The molecule has 1 aliphatic rings. The Kier molecular flexibility index (Phi) is 6.44. The summed E-state index contributed by atoms with van der Waals surface area (Å²) in [6.07, 6.45) is 1.09. The van der Waals surface area contributed by atoms with E-state index >= 15 is 0 Å². The van der Waals surface area contributed by atoms with E-state index in [1.54, 1.807) is 12.1 Å². The van der Waals surface area contributed by atoms with Gasteiger partial charge in [-0.1, -0.05) is 0 Å². The van der Waals surface area contributed by atoms with E-state index in [9.17, 15) is 24.1 Å². The average molecular weight is 413 g/mol. The zero-order valence-electron chi connectivity index (χ0n) is 16.9. The molecule has 2 aromatic carbocycles. The van der Waals surface area contributed by atoms with Crippen molar-refractivity contribution in [2.45, 2.75) is 32.7 Å². The first-order valence-corrected chi connectivity index (χ1v) is 9.90. The van der Waals surface area contributed by atoms with Crippen molar-refractivity contribution in [1.82, 2.24) is 5.32 Å². The van der Waals surface area contributed by atoms with Gasteiger partial charge in [0.15, 0.2) is 5.78 Å². The summed E-state index contributed by atoms with van der Waals surface area (Å²) in [5.41, 5.74) is 1.02. The number of nitro groups is 1. The van der Waals surface area contributed by atoms with Crippen molar-refractivity contribution in [2.24, 2.45) is 5.92 Å². The van der Waals surface area contributed by atoms with Gasteiger partial charge < -0.3 is 10.2 Å². The van der Waals surface area contributed by atoms with E-state index in [1.807, 2.05) is 18.7 Å². The van der Waals surface area contributed by atoms with Crippen LogP contribution in [0.15, 0.2) is 42.5 Å². The van der Waals surface area contributed by atoms with E-state index in [-0.39, 0.29) is 40.7 Å². The third-order valence-electron chi connectivity index (χ3n) is 5.19. The van der Waals surface area contributed by atoms with Crippen LogP contribution in [0, 0.1) is 21.8 Å². The lowest BCUT2D eigenvalue weighted by atomic mass is 9.88. The van der Waals surface area contributed by atoms with Crippen molar-refractivity contribution < 1.29 is 18.9 Å². The van der Waals surface area contributed by atoms with Crippen LogP contribution < -0.4 is 10.2 Å². The van der Waals surface area contributed by atoms with Gasteiger partial charge in [-0.25, -0.2) is 4.39 Å². The van der Waals surface area contributed by atoms with Gasteiger partial charge in [0.1, 0.15) is 11.5 Å². The monoisotopic (exact) mass is 413 g/mol. The number of nitrogens with one attached hydrogen (secondary N) is 1. The third kappa shape index (κ3) is 4.82. The van der Waals surface area contributed by atoms with Crippen molar-refractivity contribution in [1.29, 1.82) is 0 Å². The normalized spacial score (nSPS) is 14.6. The summed E-state index contributed by atoms with van der Waals surface area (Å²) < 4.78 is 13.1. The van der Waals surface area contributed by atoms with Crippen molar-refractivity contribution in [2.75, 3.05) is 18.0 Å². The van der Waals surface area contributed by atoms with E-state index < -0.39 is 4.92 Å². The highest BCUT2D eigenvalue weighted by Gasteiger charge is 2.29. The van der Waals surface area contributed by atoms with Crippen molar-refractivity contribution in [3.05, 3.63) is 69.5 Å². The Labute approximate surface area is 174 Å². The number of carbonyl (C=O) groups is 2. The average Bonchev–Trinajstić information content (AvgIpc) is 2.73. The second kappa shape index (κ2) is 9.02. The van der Waals surface area contributed by atoms with Crippen LogP contribution >= 0.6 is 0 Å². The largest absolute Gasteiger partial charge is 0.366 e. The number of piperidine rings is 1. The maximum Gasteiger partial charge on any atom is 0.293 e. The number of anilines is 1. The topological polar surface area (TPSA) is 92.6 Å². The summed E-state index contributed by atoms with van der Waals surface area (Å²) >= 11 is 0. The molecule has 158 valence electrons.